The molecule has 183 valence electrons. The smallest absolute Gasteiger partial charge is 0.872 e. The molecule has 0 saturated carbocycles. The minimum absolute atomic E-state index is 0. The van der Waals surface area contributed by atoms with Crippen molar-refractivity contribution in [2.75, 3.05) is 0 Å². The molecule has 0 heterocycles. The number of carboxylic acid groups (broad SMARTS) is 2. The van der Waals surface area contributed by atoms with Gasteiger partial charge in [0.15, 0.2) is 0 Å². The molecule has 1 radical (unpaired) electrons. The molecule has 33 heavy (non-hydrogen) atoms. The first-order valence-corrected chi connectivity index (χ1v) is 10.8. The number of aromatic carboxylic acids is 2. The van der Waals surface area contributed by atoms with Gasteiger partial charge in [0.1, 0.15) is 0 Å². The van der Waals surface area contributed by atoms with Gasteiger partial charge in [0.25, 0.3) is 0 Å². The van der Waals surface area contributed by atoms with Crippen molar-refractivity contribution >= 4 is 11.9 Å². The van der Waals surface area contributed by atoms with Gasteiger partial charge in [0.2, 0.25) is 0 Å². The second-order valence-corrected chi connectivity index (χ2v) is 9.20. The van der Waals surface area contributed by atoms with Crippen molar-refractivity contribution in [3.63, 3.8) is 0 Å². The molecule has 2 aromatic carbocycles. The number of hydrogen-bond acceptors (Lipinski definition) is 4. The molecule has 0 fully saturated rings. The third-order valence-corrected chi connectivity index (χ3v) is 5.32. The molecule has 0 aliphatic rings. The number of carbonyl (C=O) groups is 2. The van der Waals surface area contributed by atoms with E-state index >= 15 is 0 Å². The first-order valence-electron chi connectivity index (χ1n) is 10.8. The van der Waals surface area contributed by atoms with Crippen LogP contribution < -0.4 is 10.2 Å². The Labute approximate surface area is 206 Å². The van der Waals surface area contributed by atoms with Crippen molar-refractivity contribution in [3.05, 3.63) is 57.6 Å². The molecule has 2 aromatic rings. The topological polar surface area (TPSA) is 121 Å². The van der Waals surface area contributed by atoms with E-state index in [4.69, 9.17) is 10.2 Å². The van der Waals surface area contributed by atoms with E-state index in [1.807, 2.05) is 67.5 Å². The van der Waals surface area contributed by atoms with Crippen LogP contribution in [0.2, 0.25) is 0 Å². The summed E-state index contributed by atoms with van der Waals surface area (Å²) in [4.78, 5) is 21.9. The van der Waals surface area contributed by atoms with Crippen LogP contribution in [0.3, 0.4) is 0 Å². The number of rotatable bonds is 6. The van der Waals surface area contributed by atoms with Gasteiger partial charge in [0, 0.05) is 0 Å². The predicted molar refractivity (Wildman–Crippen MR) is 122 cm³/mol. The molecule has 0 aliphatic heterocycles. The fraction of sp³-hybridized carbons (Fsp3) is 0.462. The van der Waals surface area contributed by atoms with Crippen molar-refractivity contribution in [1.82, 2.24) is 0 Å². The Kier molecular flexibility index (Phi) is 11.7. The van der Waals surface area contributed by atoms with Gasteiger partial charge in [0.05, 0.1) is 11.1 Å². The average molecular weight is 501 g/mol. The average Bonchev–Trinajstić information content (AvgIpc) is 2.67. The van der Waals surface area contributed by atoms with E-state index in [1.165, 1.54) is 12.1 Å². The maximum absolute atomic E-state index is 11.8. The normalized spacial score (nSPS) is 10.8. The Morgan fingerprint density at radius 2 is 0.879 bits per heavy atom. The summed E-state index contributed by atoms with van der Waals surface area (Å²) in [6.45, 7) is 15.5. The molecule has 0 unspecified atom stereocenters. The minimum atomic E-state index is -1.14. The van der Waals surface area contributed by atoms with E-state index in [9.17, 15) is 19.8 Å². The molecular weight excluding hydrogens is 467 g/mol. The summed E-state index contributed by atoms with van der Waals surface area (Å²) in [5, 5.41) is 41.6. The molecule has 2 rings (SSSR count). The standard InChI is InChI=1S/2C13H18O3.Co/c2*1-7(2)9-5-10(8(3)4)12(14)11(6-9)13(15)16;/h2*5-8,14H,1-4H3,(H,15,16);/q;;+2/p-2. The van der Waals surface area contributed by atoms with Crippen LogP contribution in [-0.4, -0.2) is 22.2 Å². The van der Waals surface area contributed by atoms with Gasteiger partial charge in [-0.05, 0) is 46.9 Å². The summed E-state index contributed by atoms with van der Waals surface area (Å²) in [6, 6.07) is 6.62. The second-order valence-electron chi connectivity index (χ2n) is 9.20. The zero-order chi connectivity index (χ0) is 24.9. The van der Waals surface area contributed by atoms with Gasteiger partial charge in [-0.2, -0.15) is 0 Å². The molecule has 0 bridgehead atoms. The first-order chi connectivity index (χ1) is 14.7. The van der Waals surface area contributed by atoms with Crippen LogP contribution in [0.5, 0.6) is 11.5 Å². The predicted octanol–water partition coefficient (Wildman–Crippen LogP) is 5.41. The van der Waals surface area contributed by atoms with Crippen LogP contribution in [0.15, 0.2) is 24.3 Å². The summed E-state index contributed by atoms with van der Waals surface area (Å²) in [7, 11) is 0. The van der Waals surface area contributed by atoms with Crippen LogP contribution in [0.4, 0.5) is 0 Å². The Morgan fingerprint density at radius 1 is 0.606 bits per heavy atom. The van der Waals surface area contributed by atoms with Crippen molar-refractivity contribution in [2.45, 2.75) is 79.1 Å². The molecule has 0 aromatic heterocycles. The van der Waals surface area contributed by atoms with Gasteiger partial charge >= 0.3 is 28.7 Å². The van der Waals surface area contributed by atoms with Crippen LogP contribution in [-0.2, 0) is 16.8 Å². The largest absolute Gasteiger partial charge is 2.00 e. The molecular formula is C26H34CoO6. The minimum Gasteiger partial charge on any atom is -0.872 e. The fourth-order valence-corrected chi connectivity index (χ4v) is 3.19. The molecule has 0 aliphatic carbocycles. The van der Waals surface area contributed by atoms with E-state index < -0.39 is 11.9 Å². The third-order valence-electron chi connectivity index (χ3n) is 5.32. The molecule has 0 saturated heterocycles. The van der Waals surface area contributed by atoms with Gasteiger partial charge in [-0.25, -0.2) is 9.59 Å². The summed E-state index contributed by atoms with van der Waals surface area (Å²) < 4.78 is 0. The Morgan fingerprint density at radius 3 is 1.06 bits per heavy atom. The SMILES string of the molecule is CC(C)c1cc(C(=O)O)c([O-])c(C(C)C)c1.CC(C)c1cc(C(=O)O)c([O-])c(C(C)C)c1.[Co+2]. The Hall–Kier alpha value is -2.51. The summed E-state index contributed by atoms with van der Waals surface area (Å²) >= 11 is 0. The zero-order valence-corrected chi connectivity index (χ0v) is 21.5. The maximum Gasteiger partial charge on any atom is 2.00 e. The number of carboxylic acids is 2. The molecule has 6 nitrogen and oxygen atoms in total. The molecule has 0 spiro atoms. The van der Waals surface area contributed by atoms with E-state index in [-0.39, 0.29) is 63.1 Å². The second kappa shape index (κ2) is 12.7. The Bertz CT molecular complexity index is 898. The van der Waals surface area contributed by atoms with E-state index in [1.54, 1.807) is 0 Å². The van der Waals surface area contributed by atoms with Crippen molar-refractivity contribution in [2.24, 2.45) is 0 Å². The van der Waals surface area contributed by atoms with Crippen LogP contribution in [0.1, 0.15) is 122 Å². The summed E-state index contributed by atoms with van der Waals surface area (Å²) in [6.07, 6.45) is 0. The van der Waals surface area contributed by atoms with Crippen molar-refractivity contribution in [3.8, 4) is 11.5 Å². The summed E-state index contributed by atoms with van der Waals surface area (Å²) in [5.74, 6) is -2.47. The van der Waals surface area contributed by atoms with Crippen molar-refractivity contribution < 1.29 is 46.8 Å². The molecule has 0 atom stereocenters. The first kappa shape index (κ1) is 30.5. The van der Waals surface area contributed by atoms with Crippen LogP contribution in [0, 0.1) is 0 Å². The molecule has 2 N–H and O–H groups in total. The summed E-state index contributed by atoms with van der Waals surface area (Å²) in [5.41, 5.74) is 2.75. The van der Waals surface area contributed by atoms with Crippen molar-refractivity contribution in [1.29, 1.82) is 0 Å². The van der Waals surface area contributed by atoms with Gasteiger partial charge in [-0.3, -0.25) is 0 Å². The third kappa shape index (κ3) is 7.79. The maximum atomic E-state index is 11.8. The zero-order valence-electron chi connectivity index (χ0n) is 20.5. The fourth-order valence-electron chi connectivity index (χ4n) is 3.19. The van der Waals surface area contributed by atoms with Gasteiger partial charge in [-0.1, -0.05) is 90.1 Å². The van der Waals surface area contributed by atoms with E-state index in [2.05, 4.69) is 0 Å². The molecule has 7 heteroatoms. The van der Waals surface area contributed by atoms with Gasteiger partial charge in [-0.15, -0.1) is 0 Å². The van der Waals surface area contributed by atoms with E-state index in [0.717, 1.165) is 11.1 Å². The quantitative estimate of drug-likeness (QED) is 0.546. The van der Waals surface area contributed by atoms with Gasteiger partial charge < -0.3 is 20.4 Å². The van der Waals surface area contributed by atoms with E-state index in [0.29, 0.717) is 11.1 Å². The Balaban J connectivity index is 0.000000602. The monoisotopic (exact) mass is 501 g/mol. The number of benzene rings is 2. The molecule has 0 amide bonds. The van der Waals surface area contributed by atoms with Crippen LogP contribution in [0.25, 0.3) is 0 Å². The number of hydrogen-bond donors (Lipinski definition) is 2. The van der Waals surface area contributed by atoms with Crippen LogP contribution >= 0.6 is 0 Å².